The first-order valence-electron chi connectivity index (χ1n) is 4.13. The minimum atomic E-state index is 0.294. The molecule has 0 bridgehead atoms. The number of aliphatic imine (C=N–C) groups is 1. The minimum absolute atomic E-state index is 0.294. The van der Waals surface area contributed by atoms with Crippen LogP contribution in [0.15, 0.2) is 28.5 Å². The fraction of sp³-hybridized carbons (Fsp3) is 0.444. The molecule has 1 aliphatic heterocycles. The van der Waals surface area contributed by atoms with E-state index < -0.39 is 0 Å². The van der Waals surface area contributed by atoms with E-state index >= 15 is 0 Å². The van der Waals surface area contributed by atoms with Crippen molar-refractivity contribution in [1.29, 1.82) is 0 Å². The standard InChI is InChI=1S/C9H13N3/c1-6-3-7(10)4-8-9(6)11-5-12(8)2/h3-6,9H,10H2,1-2H3/t6?,9-/m1/s1. The number of likely N-dealkylation sites (N-methyl/N-ethyl adjacent to an activating group) is 1. The summed E-state index contributed by atoms with van der Waals surface area (Å²) in [7, 11) is 2.00. The van der Waals surface area contributed by atoms with E-state index in [1.807, 2.05) is 24.4 Å². The molecule has 2 atom stereocenters. The Morgan fingerprint density at radius 1 is 1.58 bits per heavy atom. The van der Waals surface area contributed by atoms with Gasteiger partial charge in [0.2, 0.25) is 0 Å². The third-order valence-electron chi connectivity index (χ3n) is 2.38. The third kappa shape index (κ3) is 0.932. The number of hydrogen-bond donors (Lipinski definition) is 1. The van der Waals surface area contributed by atoms with Crippen LogP contribution in [-0.4, -0.2) is 24.3 Å². The van der Waals surface area contributed by atoms with Crippen molar-refractivity contribution in [1.82, 2.24) is 4.90 Å². The summed E-state index contributed by atoms with van der Waals surface area (Å²) in [6.45, 7) is 2.14. The Morgan fingerprint density at radius 2 is 2.33 bits per heavy atom. The highest BCUT2D eigenvalue weighted by molar-refractivity contribution is 5.64. The summed E-state index contributed by atoms with van der Waals surface area (Å²) in [5.41, 5.74) is 7.81. The zero-order valence-corrected chi connectivity index (χ0v) is 7.36. The molecule has 0 aromatic heterocycles. The van der Waals surface area contributed by atoms with E-state index in [1.165, 1.54) is 5.70 Å². The van der Waals surface area contributed by atoms with E-state index in [0.29, 0.717) is 12.0 Å². The van der Waals surface area contributed by atoms with Gasteiger partial charge in [0, 0.05) is 24.4 Å². The van der Waals surface area contributed by atoms with Crippen LogP contribution >= 0.6 is 0 Å². The fourth-order valence-corrected chi connectivity index (χ4v) is 1.73. The monoisotopic (exact) mass is 163 g/mol. The summed E-state index contributed by atoms with van der Waals surface area (Å²) in [5.74, 6) is 0.422. The van der Waals surface area contributed by atoms with Gasteiger partial charge in [-0.2, -0.15) is 0 Å². The van der Waals surface area contributed by atoms with Gasteiger partial charge in [-0.3, -0.25) is 4.99 Å². The number of hydrogen-bond acceptors (Lipinski definition) is 3. The van der Waals surface area contributed by atoms with Crippen molar-refractivity contribution in [2.45, 2.75) is 13.0 Å². The van der Waals surface area contributed by atoms with E-state index in [2.05, 4.69) is 18.0 Å². The normalized spacial score (nSPS) is 33.0. The fourth-order valence-electron chi connectivity index (χ4n) is 1.73. The van der Waals surface area contributed by atoms with Crippen molar-refractivity contribution >= 4 is 6.34 Å². The third-order valence-corrected chi connectivity index (χ3v) is 2.38. The molecule has 0 fully saturated rings. The number of nitrogens with zero attached hydrogens (tertiary/aromatic N) is 2. The average Bonchev–Trinajstić information content (AvgIpc) is 2.33. The molecule has 2 rings (SSSR count). The van der Waals surface area contributed by atoms with Gasteiger partial charge in [0.1, 0.15) is 0 Å². The van der Waals surface area contributed by atoms with Crippen LogP contribution in [0, 0.1) is 5.92 Å². The lowest BCUT2D eigenvalue weighted by Crippen LogP contribution is -2.25. The molecule has 3 heteroatoms. The molecule has 1 heterocycles. The van der Waals surface area contributed by atoms with Crippen molar-refractivity contribution in [2.75, 3.05) is 7.05 Å². The smallest absolute Gasteiger partial charge is 0.0978 e. The second kappa shape index (κ2) is 2.37. The molecule has 0 spiro atoms. The highest BCUT2D eigenvalue weighted by Crippen LogP contribution is 2.28. The average molecular weight is 163 g/mol. The van der Waals surface area contributed by atoms with E-state index in [1.54, 1.807) is 0 Å². The van der Waals surface area contributed by atoms with Crippen LogP contribution in [0.5, 0.6) is 0 Å². The Morgan fingerprint density at radius 3 is 3.08 bits per heavy atom. The Balaban J connectivity index is 2.37. The lowest BCUT2D eigenvalue weighted by atomic mass is 9.93. The van der Waals surface area contributed by atoms with Crippen molar-refractivity contribution < 1.29 is 0 Å². The van der Waals surface area contributed by atoms with Crippen LogP contribution in [0.25, 0.3) is 0 Å². The quantitative estimate of drug-likeness (QED) is 0.571. The molecule has 1 aliphatic carbocycles. The molecule has 2 aliphatic rings. The van der Waals surface area contributed by atoms with Crippen LogP contribution in [0.4, 0.5) is 0 Å². The Hall–Kier alpha value is -1.25. The van der Waals surface area contributed by atoms with Gasteiger partial charge in [0.25, 0.3) is 0 Å². The topological polar surface area (TPSA) is 41.6 Å². The maximum absolute atomic E-state index is 5.75. The zero-order valence-electron chi connectivity index (χ0n) is 7.36. The number of fused-ring (bicyclic) bond motifs is 1. The highest BCUT2D eigenvalue weighted by atomic mass is 15.2. The summed E-state index contributed by atoms with van der Waals surface area (Å²) in [6, 6.07) is 0.294. The second-order valence-corrected chi connectivity index (χ2v) is 3.42. The molecule has 0 saturated carbocycles. The lowest BCUT2D eigenvalue weighted by molar-refractivity contribution is 0.529. The second-order valence-electron chi connectivity index (χ2n) is 3.42. The molecule has 64 valence electrons. The Bertz CT molecular complexity index is 288. The molecule has 3 nitrogen and oxygen atoms in total. The summed E-state index contributed by atoms with van der Waals surface area (Å²) in [6.07, 6.45) is 5.92. The Labute approximate surface area is 72.3 Å². The first-order valence-corrected chi connectivity index (χ1v) is 4.13. The molecule has 0 aromatic carbocycles. The minimum Gasteiger partial charge on any atom is -0.399 e. The SMILES string of the molecule is CC1C=C(N)C=C2[C@@H]1N=CN2C. The van der Waals surface area contributed by atoms with Crippen molar-refractivity contribution in [3.63, 3.8) is 0 Å². The van der Waals surface area contributed by atoms with E-state index in [-0.39, 0.29) is 0 Å². The van der Waals surface area contributed by atoms with E-state index in [0.717, 1.165) is 5.70 Å². The van der Waals surface area contributed by atoms with Crippen molar-refractivity contribution in [3.8, 4) is 0 Å². The predicted molar refractivity (Wildman–Crippen MR) is 49.6 cm³/mol. The summed E-state index contributed by atoms with van der Waals surface area (Å²) >= 11 is 0. The van der Waals surface area contributed by atoms with Crippen LogP contribution in [0.3, 0.4) is 0 Å². The van der Waals surface area contributed by atoms with E-state index in [9.17, 15) is 0 Å². The van der Waals surface area contributed by atoms with Gasteiger partial charge in [-0.15, -0.1) is 0 Å². The maximum Gasteiger partial charge on any atom is 0.0978 e. The predicted octanol–water partition coefficient (Wildman–Crippen LogP) is 0.705. The van der Waals surface area contributed by atoms with Gasteiger partial charge in [-0.05, 0) is 6.08 Å². The summed E-state index contributed by atoms with van der Waals surface area (Å²) in [4.78, 5) is 6.42. The summed E-state index contributed by atoms with van der Waals surface area (Å²) in [5, 5.41) is 0. The van der Waals surface area contributed by atoms with Crippen LogP contribution in [0.1, 0.15) is 6.92 Å². The molecule has 0 radical (unpaired) electrons. The molecule has 0 amide bonds. The van der Waals surface area contributed by atoms with Crippen molar-refractivity contribution in [2.24, 2.45) is 16.6 Å². The van der Waals surface area contributed by atoms with Gasteiger partial charge >= 0.3 is 0 Å². The maximum atomic E-state index is 5.75. The number of rotatable bonds is 0. The molecule has 0 saturated heterocycles. The lowest BCUT2D eigenvalue weighted by Gasteiger charge is -2.23. The van der Waals surface area contributed by atoms with Gasteiger partial charge in [-0.1, -0.05) is 13.0 Å². The zero-order chi connectivity index (χ0) is 8.72. The van der Waals surface area contributed by atoms with Gasteiger partial charge in [0.15, 0.2) is 0 Å². The Kier molecular flexibility index (Phi) is 1.46. The first-order chi connectivity index (χ1) is 5.68. The largest absolute Gasteiger partial charge is 0.399 e. The van der Waals surface area contributed by atoms with E-state index in [4.69, 9.17) is 5.73 Å². The van der Waals surface area contributed by atoms with Gasteiger partial charge in [0.05, 0.1) is 12.4 Å². The van der Waals surface area contributed by atoms with Gasteiger partial charge < -0.3 is 10.6 Å². The highest BCUT2D eigenvalue weighted by Gasteiger charge is 2.28. The summed E-state index contributed by atoms with van der Waals surface area (Å²) < 4.78 is 0. The van der Waals surface area contributed by atoms with Crippen molar-refractivity contribution in [3.05, 3.63) is 23.5 Å². The van der Waals surface area contributed by atoms with Crippen LogP contribution in [0.2, 0.25) is 0 Å². The van der Waals surface area contributed by atoms with Crippen LogP contribution in [-0.2, 0) is 0 Å². The number of nitrogens with two attached hydrogens (primary N) is 1. The number of allylic oxidation sites excluding steroid dienone is 1. The molecule has 0 aromatic rings. The molecule has 12 heavy (non-hydrogen) atoms. The molecule has 2 N–H and O–H groups in total. The van der Waals surface area contributed by atoms with Crippen LogP contribution < -0.4 is 5.73 Å². The molecular formula is C9H13N3. The first kappa shape index (κ1) is 7.40. The van der Waals surface area contributed by atoms with Gasteiger partial charge in [-0.25, -0.2) is 0 Å². The molecule has 1 unspecified atom stereocenters. The molecular weight excluding hydrogens is 150 g/mol.